The number of carboxylic acids is 1. The van der Waals surface area contributed by atoms with Crippen LogP contribution in [0.1, 0.15) is 373 Å². The van der Waals surface area contributed by atoms with E-state index in [4.69, 9.17) is 53.8 Å². The van der Waals surface area contributed by atoms with Crippen molar-refractivity contribution < 1.29 is 62.4 Å². The normalized spacial score (nSPS) is 39.1. The fourth-order valence-corrected chi connectivity index (χ4v) is 38.6. The Morgan fingerprint density at radius 3 is 0.912 bits per heavy atom. The molecule has 12 saturated carbocycles. The van der Waals surface area contributed by atoms with Crippen LogP contribution in [0.5, 0.6) is 0 Å². The fourth-order valence-electron chi connectivity index (χ4n) is 38.6. The number of ether oxygens (including phenoxy) is 4. The summed E-state index contributed by atoms with van der Waals surface area (Å²) in [6.07, 6.45) is 51.5. The van der Waals surface area contributed by atoms with Gasteiger partial charge in [0.1, 0.15) is 5.60 Å². The van der Waals surface area contributed by atoms with E-state index in [0.29, 0.717) is 124 Å². The highest BCUT2D eigenvalue weighted by atomic mass is 35.5. The number of allylic oxidation sites excluding steroid dienone is 13. The molecular formula is C129H175Cl5O13. The van der Waals surface area contributed by atoms with Gasteiger partial charge in [0, 0.05) is 23.9 Å². The topological polar surface area (TPSA) is 194 Å². The molecule has 0 radical (unpaired) electrons. The van der Waals surface area contributed by atoms with Crippen LogP contribution in [0.3, 0.4) is 0 Å². The van der Waals surface area contributed by atoms with Gasteiger partial charge in [0.15, 0.2) is 0 Å². The molecule has 0 heterocycles. The van der Waals surface area contributed by atoms with Crippen LogP contribution in [-0.2, 0) is 42.9 Å². The SMILES string of the molecule is C=C(C)[C@@H]1CC[C@]2(/C=C/C(=O)Cl)CC[C@]3(C)[C@H](CC[C@@H]4[C@@]5(C)CC=C(c6ccc(C(=O)OC)cc6)C(C)(C)[C@@H]5CC[C@]43C)[C@@H]12.C=C(C)[C@@H]1CC[C@]2(/C=C/C(=O)O)CC[C@]3(C)[C@H](CC[C@@H]4[C@@]5(C)CC=C(c6ccc(C(=O)OC)cc6)C(C)(C)[C@@H]5CC[C@]43C)[C@@H]12.C=C(C)[C@@H]1CC[C@]2(/C=C/C(=O)OCC)CC[C@]3(C)[C@H](CC[C@@H]4[C@@]5(C)CC=C(c6ccc(C(=O)OC(C)(C)C)cc6)C(C)(C)[C@@H]5CC[C@]43C)[C@@H]12.ClCCCl.O=C(Cl)C(=O)Cl. The maximum atomic E-state index is 12.7. The number of carboxylic acid groups (broad SMARTS) is 1. The molecule has 3 aromatic carbocycles. The zero-order valence-corrected chi connectivity index (χ0v) is 97.1. The lowest BCUT2D eigenvalue weighted by atomic mass is 9.32. The van der Waals surface area contributed by atoms with Gasteiger partial charge in [-0.25, -0.2) is 24.0 Å². The van der Waals surface area contributed by atoms with Crippen molar-refractivity contribution in [1.82, 2.24) is 0 Å². The second kappa shape index (κ2) is 42.8. The number of hydrogen-bond acceptors (Lipinski definition) is 12. The van der Waals surface area contributed by atoms with Gasteiger partial charge < -0.3 is 24.1 Å². The van der Waals surface area contributed by atoms with Crippen molar-refractivity contribution in [2.75, 3.05) is 32.6 Å². The lowest BCUT2D eigenvalue weighted by Crippen LogP contribution is -2.65. The molecule has 13 nitrogen and oxygen atoms in total. The Labute approximate surface area is 907 Å². The minimum atomic E-state index is -1.14. The van der Waals surface area contributed by atoms with Crippen LogP contribution in [0.4, 0.5) is 0 Å². The van der Waals surface area contributed by atoms with Gasteiger partial charge in [-0.1, -0.05) is 213 Å². The van der Waals surface area contributed by atoms with Gasteiger partial charge in [0.05, 0.1) is 37.5 Å². The van der Waals surface area contributed by atoms with Crippen LogP contribution >= 0.6 is 58.0 Å². The monoisotopic (exact) mass is 2110 g/mol. The first-order valence-corrected chi connectivity index (χ1v) is 57.9. The highest BCUT2D eigenvalue weighted by Gasteiger charge is 2.75. The molecule has 15 aliphatic carbocycles. The summed E-state index contributed by atoms with van der Waals surface area (Å²) in [5.74, 6) is 7.97. The van der Waals surface area contributed by atoms with Crippen molar-refractivity contribution in [2.45, 2.75) is 331 Å². The average Bonchev–Trinajstić information content (AvgIpc) is 1.68. The third kappa shape index (κ3) is 20.1. The van der Waals surface area contributed by atoms with Crippen molar-refractivity contribution in [1.29, 1.82) is 0 Å². The zero-order chi connectivity index (χ0) is 108. The molecule has 27 atom stereocenters. The summed E-state index contributed by atoms with van der Waals surface area (Å²) in [6.45, 7) is 67.0. The van der Waals surface area contributed by atoms with E-state index in [1.54, 1.807) is 12.2 Å². The van der Waals surface area contributed by atoms with Gasteiger partial charge >= 0.3 is 40.3 Å². The molecular weight excluding hydrogens is 1930 g/mol. The van der Waals surface area contributed by atoms with E-state index in [1.807, 2.05) is 64.1 Å². The Hall–Kier alpha value is -6.87. The van der Waals surface area contributed by atoms with Crippen LogP contribution in [-0.4, -0.2) is 88.9 Å². The van der Waals surface area contributed by atoms with Gasteiger partial charge in [-0.2, -0.15) is 0 Å². The number of methoxy groups -OCH3 is 2. The second-order valence-corrected chi connectivity index (χ2v) is 55.2. The van der Waals surface area contributed by atoms with Gasteiger partial charge in [-0.05, 0) is 503 Å². The number of benzene rings is 3. The number of fused-ring (bicyclic) bond motifs is 21. The summed E-state index contributed by atoms with van der Waals surface area (Å²) in [5, 5.41) is 6.97. The number of rotatable bonds is 18. The molecule has 804 valence electrons. The summed E-state index contributed by atoms with van der Waals surface area (Å²) < 4.78 is 20.9. The Bertz CT molecular complexity index is 5490. The van der Waals surface area contributed by atoms with Crippen LogP contribution < -0.4 is 0 Å². The van der Waals surface area contributed by atoms with Gasteiger partial charge in [-0.3, -0.25) is 14.4 Å². The van der Waals surface area contributed by atoms with Gasteiger partial charge in [0.2, 0.25) is 5.24 Å². The molecule has 18 heteroatoms. The van der Waals surface area contributed by atoms with Crippen molar-refractivity contribution in [3.05, 3.63) is 197 Å². The number of hydrogen-bond donors (Lipinski definition) is 1. The van der Waals surface area contributed by atoms with E-state index in [2.05, 4.69) is 240 Å². The van der Waals surface area contributed by atoms with E-state index in [-0.39, 0.29) is 110 Å². The van der Waals surface area contributed by atoms with E-state index in [9.17, 15) is 43.5 Å². The average molecular weight is 2110 g/mol. The Morgan fingerprint density at radius 2 is 0.660 bits per heavy atom. The number of aliphatic carboxylic acids is 1. The highest BCUT2D eigenvalue weighted by Crippen LogP contribution is 2.83. The molecule has 1 N–H and O–H groups in total. The van der Waals surface area contributed by atoms with Crippen molar-refractivity contribution >= 4 is 120 Å². The summed E-state index contributed by atoms with van der Waals surface area (Å²) in [7, 11) is 2.87. The van der Waals surface area contributed by atoms with E-state index >= 15 is 0 Å². The molecule has 15 aliphatic rings. The van der Waals surface area contributed by atoms with Crippen LogP contribution in [0, 0.1) is 170 Å². The summed E-state index contributed by atoms with van der Waals surface area (Å²) in [6, 6.07) is 24.2. The number of carbonyl (C=O) groups excluding carboxylic acids is 7. The lowest BCUT2D eigenvalue weighted by Gasteiger charge is -2.72. The molecule has 0 aliphatic heterocycles. The van der Waals surface area contributed by atoms with Crippen LogP contribution in [0.25, 0.3) is 16.7 Å². The molecule has 0 amide bonds. The first-order valence-electron chi connectivity index (χ1n) is 55.7. The molecule has 0 aromatic heterocycles. The van der Waals surface area contributed by atoms with E-state index in [1.165, 1.54) is 180 Å². The molecule has 3 aromatic rings. The van der Waals surface area contributed by atoms with E-state index < -0.39 is 22.1 Å². The Balaban J connectivity index is 0.000000166. The maximum Gasteiger partial charge on any atom is 0.338 e. The maximum absolute atomic E-state index is 12.7. The minimum Gasteiger partial charge on any atom is -0.478 e. The Morgan fingerprint density at radius 1 is 0.374 bits per heavy atom. The van der Waals surface area contributed by atoms with Crippen molar-refractivity contribution in [3.8, 4) is 0 Å². The first kappa shape index (κ1) is 116. The number of carbonyl (C=O) groups is 8. The minimum absolute atomic E-state index is 0.00956. The summed E-state index contributed by atoms with van der Waals surface area (Å²) >= 11 is 25.0. The fraction of sp³-hybridized carbons (Fsp3) is 0.659. The first-order chi connectivity index (χ1) is 68.7. The largest absolute Gasteiger partial charge is 0.478 e. The number of alkyl halides is 2. The van der Waals surface area contributed by atoms with Crippen LogP contribution in [0.2, 0.25) is 0 Å². The molecule has 0 bridgehead atoms. The third-order valence-corrected chi connectivity index (χ3v) is 46.5. The van der Waals surface area contributed by atoms with Crippen molar-refractivity contribution in [2.24, 2.45) is 170 Å². The number of esters is 4. The predicted octanol–water partition coefficient (Wildman–Crippen LogP) is 33.6. The van der Waals surface area contributed by atoms with Crippen molar-refractivity contribution in [3.63, 3.8) is 0 Å². The molecule has 18 rings (SSSR count). The lowest BCUT2D eigenvalue weighted by molar-refractivity contribution is -0.221. The summed E-state index contributed by atoms with van der Waals surface area (Å²) in [4.78, 5) is 91.9. The zero-order valence-electron chi connectivity index (χ0n) is 93.4. The molecule has 147 heavy (non-hydrogen) atoms. The highest BCUT2D eigenvalue weighted by molar-refractivity contribution is 6.97. The van der Waals surface area contributed by atoms with Crippen LogP contribution in [0.15, 0.2) is 164 Å². The van der Waals surface area contributed by atoms with Gasteiger partial charge in [0.25, 0.3) is 0 Å². The molecule has 0 saturated heterocycles. The summed E-state index contributed by atoms with van der Waals surface area (Å²) in [5.41, 5.74) is 15.6. The number of halogens is 5. The molecule has 0 spiro atoms. The molecule has 12 fully saturated rings. The molecule has 0 unspecified atom stereocenters. The second-order valence-electron chi connectivity index (χ2n) is 53.4. The standard InChI is InChI=1S/C45H64O4.C40H53ClO3.C40H54O4.C2Cl2O2.C2H4Cl2/c1-12-48-37(46)22-26-45-25-19-32(29(2)3)38(45)34-17-18-36-42(9)23-20-33(30-13-15-31(16-14-30)39(47)49-40(4,5)6)41(7,8)35(42)21-24-44(36,11)43(34,10)27-28-45;2*1-25(2)28-15-21-40(22-18-33(41)42)24-23-38(6)30(34(28)40)13-14-32-37(5)19-16-29(26-9-11-27(12-10-26)35(43)44-8)36(3,4)31(37)17-20-39(32,38)7;3-1(5)2(4)6;3-1-2-4/h13-16,20,22,26,32,34-36,38H,2,12,17-19,21,23-25,27-28H2,1,3-11H3;9-12,16,18,22,28,30-32,34H,1,13-15,17,19-21,23-24H2,2-8H3;9-12,16,18,22,28,30-32,34H,1,13-15,17,19-21,23-24H2,2-8H3,(H,41,42);;1-2H2/b26-22+;2*22-18+;;/t32-,34+,35-,36+,38+,42-,43+,44+,45-;2*28-,30+,31-,32+,34+,37-,38+,39+,40-;;/m000../s1. The quantitative estimate of drug-likeness (QED) is 0.0241. The van der Waals surface area contributed by atoms with Gasteiger partial charge in [-0.15, -0.1) is 23.2 Å². The van der Waals surface area contributed by atoms with E-state index in [0.717, 1.165) is 64.2 Å². The predicted molar refractivity (Wildman–Crippen MR) is 600 cm³/mol. The third-order valence-electron chi connectivity index (χ3n) is 45.4. The Kier molecular flexibility index (Phi) is 33.7. The smallest absolute Gasteiger partial charge is 0.338 e.